The Morgan fingerprint density at radius 3 is 2.70 bits per heavy atom. The molecule has 0 radical (unpaired) electrons. The van der Waals surface area contributed by atoms with Crippen LogP contribution in [0, 0.1) is 5.82 Å². The van der Waals surface area contributed by atoms with Crippen molar-refractivity contribution in [3.05, 3.63) is 52.1 Å². The molecule has 5 nitrogen and oxygen atoms in total. The van der Waals surface area contributed by atoms with Gasteiger partial charge in [0.1, 0.15) is 17.4 Å². The van der Waals surface area contributed by atoms with Crippen molar-refractivity contribution in [1.82, 2.24) is 9.97 Å². The monoisotopic (exact) mass is 293 g/mol. The number of thioether (sulfide) groups is 1. The van der Waals surface area contributed by atoms with Crippen molar-refractivity contribution in [2.45, 2.75) is 11.6 Å². The molecule has 0 aliphatic heterocycles. The number of ketones is 1. The molecule has 2 aromatic rings. The number of hydrogen-bond donors (Lipinski definition) is 2. The zero-order chi connectivity index (χ0) is 14.5. The van der Waals surface area contributed by atoms with Gasteiger partial charge in [-0.15, -0.1) is 0 Å². The number of nitrogens with two attached hydrogens (primary N) is 1. The van der Waals surface area contributed by atoms with Crippen LogP contribution in [0.1, 0.15) is 5.56 Å². The van der Waals surface area contributed by atoms with Gasteiger partial charge in [-0.3, -0.25) is 9.59 Å². The predicted octanol–water partition coefficient (Wildman–Crippen LogP) is 1.40. The minimum atomic E-state index is -0.356. The van der Waals surface area contributed by atoms with Gasteiger partial charge in [0.25, 0.3) is 5.56 Å². The van der Waals surface area contributed by atoms with E-state index in [1.165, 1.54) is 18.2 Å². The number of aromatic amines is 1. The van der Waals surface area contributed by atoms with E-state index in [1.807, 2.05) is 0 Å². The third kappa shape index (κ3) is 4.20. The van der Waals surface area contributed by atoms with Crippen LogP contribution in [0.25, 0.3) is 0 Å². The van der Waals surface area contributed by atoms with Crippen molar-refractivity contribution < 1.29 is 9.18 Å². The van der Waals surface area contributed by atoms with Crippen molar-refractivity contribution in [1.29, 1.82) is 0 Å². The SMILES string of the molecule is Nc1cc(=O)[nH]c(SCC(=O)Cc2ccc(F)cc2)n1. The minimum absolute atomic E-state index is 0.0494. The summed E-state index contributed by atoms with van der Waals surface area (Å²) in [5, 5.41) is 0.308. The van der Waals surface area contributed by atoms with Crippen LogP contribution in [0.5, 0.6) is 0 Å². The normalized spacial score (nSPS) is 10.4. The third-order valence-electron chi connectivity index (χ3n) is 2.42. The second kappa shape index (κ2) is 6.33. The van der Waals surface area contributed by atoms with Crippen LogP contribution < -0.4 is 11.3 Å². The van der Waals surface area contributed by atoms with Gasteiger partial charge in [0.15, 0.2) is 5.16 Å². The molecular weight excluding hydrogens is 281 g/mol. The molecule has 2 rings (SSSR count). The number of carbonyl (C=O) groups is 1. The first kappa shape index (κ1) is 14.3. The topological polar surface area (TPSA) is 88.8 Å². The first-order valence-electron chi connectivity index (χ1n) is 5.79. The highest BCUT2D eigenvalue weighted by atomic mass is 32.2. The van der Waals surface area contributed by atoms with E-state index in [9.17, 15) is 14.0 Å². The maximum absolute atomic E-state index is 12.7. The van der Waals surface area contributed by atoms with E-state index in [2.05, 4.69) is 9.97 Å². The number of carbonyl (C=O) groups excluding carboxylic acids is 1. The van der Waals surface area contributed by atoms with Gasteiger partial charge in [0.2, 0.25) is 0 Å². The second-order valence-electron chi connectivity index (χ2n) is 4.11. The predicted molar refractivity (Wildman–Crippen MR) is 75.1 cm³/mol. The lowest BCUT2D eigenvalue weighted by molar-refractivity contribution is -0.116. The van der Waals surface area contributed by atoms with E-state index < -0.39 is 0 Å². The Balaban J connectivity index is 1.92. The van der Waals surface area contributed by atoms with Crippen LogP contribution in [0.4, 0.5) is 10.2 Å². The summed E-state index contributed by atoms with van der Waals surface area (Å²) in [7, 11) is 0. The number of hydrogen-bond acceptors (Lipinski definition) is 5. The Hall–Kier alpha value is -2.15. The highest BCUT2D eigenvalue weighted by Crippen LogP contribution is 2.13. The fraction of sp³-hybridized carbons (Fsp3) is 0.154. The molecule has 1 heterocycles. The third-order valence-corrected chi connectivity index (χ3v) is 3.36. The molecule has 0 atom stereocenters. The Kier molecular flexibility index (Phi) is 4.52. The molecule has 104 valence electrons. The van der Waals surface area contributed by atoms with Crippen molar-refractivity contribution in [2.24, 2.45) is 0 Å². The Bertz CT molecular complexity index is 670. The standard InChI is InChI=1S/C13H12FN3O2S/c14-9-3-1-8(2-4-9)5-10(18)7-20-13-16-11(15)6-12(19)17-13/h1-4,6H,5,7H2,(H3,15,16,17,19). The average Bonchev–Trinajstić information content (AvgIpc) is 2.38. The number of nitrogens with one attached hydrogen (secondary N) is 1. The van der Waals surface area contributed by atoms with Gasteiger partial charge in [-0.1, -0.05) is 23.9 Å². The molecule has 0 amide bonds. The number of anilines is 1. The summed E-state index contributed by atoms with van der Waals surface area (Å²) < 4.78 is 12.7. The van der Waals surface area contributed by atoms with Gasteiger partial charge in [0.05, 0.1) is 5.75 Å². The fourth-order valence-corrected chi connectivity index (χ4v) is 2.29. The van der Waals surface area contributed by atoms with Crippen molar-refractivity contribution in [3.63, 3.8) is 0 Å². The lowest BCUT2D eigenvalue weighted by atomic mass is 10.1. The van der Waals surface area contributed by atoms with Crippen LogP contribution in [-0.4, -0.2) is 21.5 Å². The van der Waals surface area contributed by atoms with Crippen molar-refractivity contribution in [2.75, 3.05) is 11.5 Å². The summed E-state index contributed by atoms with van der Waals surface area (Å²) in [4.78, 5) is 29.3. The Morgan fingerprint density at radius 1 is 1.35 bits per heavy atom. The van der Waals surface area contributed by atoms with Gasteiger partial charge in [-0.2, -0.15) is 0 Å². The van der Waals surface area contributed by atoms with E-state index in [-0.39, 0.29) is 35.2 Å². The maximum atomic E-state index is 12.7. The number of aromatic nitrogens is 2. The molecule has 0 unspecified atom stereocenters. The summed E-state index contributed by atoms with van der Waals surface area (Å²) in [5.74, 6) is -0.116. The van der Waals surface area contributed by atoms with Gasteiger partial charge in [-0.05, 0) is 17.7 Å². The van der Waals surface area contributed by atoms with Crippen LogP contribution in [0.15, 0.2) is 40.3 Å². The van der Waals surface area contributed by atoms with Crippen molar-refractivity contribution >= 4 is 23.4 Å². The van der Waals surface area contributed by atoms with E-state index >= 15 is 0 Å². The Morgan fingerprint density at radius 2 is 2.05 bits per heavy atom. The molecule has 0 saturated carbocycles. The lowest BCUT2D eigenvalue weighted by Gasteiger charge is -2.02. The smallest absolute Gasteiger partial charge is 0.253 e. The number of Topliss-reactive ketones (excluding diaryl/α,β-unsaturated/α-hetero) is 1. The maximum Gasteiger partial charge on any atom is 0.253 e. The van der Waals surface area contributed by atoms with Crippen LogP contribution >= 0.6 is 11.8 Å². The summed E-state index contributed by atoms with van der Waals surface area (Å²) in [6, 6.07) is 6.93. The zero-order valence-corrected chi connectivity index (χ0v) is 11.2. The van der Waals surface area contributed by atoms with Gasteiger partial charge < -0.3 is 10.7 Å². The van der Waals surface area contributed by atoms with Crippen LogP contribution in [0.3, 0.4) is 0 Å². The number of nitrogens with zero attached hydrogens (tertiary/aromatic N) is 1. The zero-order valence-electron chi connectivity index (χ0n) is 10.4. The van der Waals surface area contributed by atoms with Crippen molar-refractivity contribution in [3.8, 4) is 0 Å². The number of H-pyrrole nitrogens is 1. The number of benzene rings is 1. The van der Waals surface area contributed by atoms with Gasteiger partial charge in [0, 0.05) is 12.5 Å². The average molecular weight is 293 g/mol. The molecule has 1 aromatic carbocycles. The highest BCUT2D eigenvalue weighted by molar-refractivity contribution is 7.99. The lowest BCUT2D eigenvalue weighted by Crippen LogP contribution is -2.11. The highest BCUT2D eigenvalue weighted by Gasteiger charge is 2.07. The van der Waals surface area contributed by atoms with E-state index in [0.29, 0.717) is 5.16 Å². The molecule has 0 aliphatic rings. The molecule has 0 bridgehead atoms. The Labute approximate surface area is 118 Å². The molecular formula is C13H12FN3O2S. The van der Waals surface area contributed by atoms with Gasteiger partial charge in [-0.25, -0.2) is 9.37 Å². The molecule has 0 aliphatic carbocycles. The molecule has 0 fully saturated rings. The summed E-state index contributed by atoms with van der Waals surface area (Å²) >= 11 is 1.11. The molecule has 7 heteroatoms. The second-order valence-corrected chi connectivity index (χ2v) is 5.07. The van der Waals surface area contributed by atoms with Gasteiger partial charge >= 0.3 is 0 Å². The van der Waals surface area contributed by atoms with Crippen LogP contribution in [-0.2, 0) is 11.2 Å². The largest absolute Gasteiger partial charge is 0.383 e. The number of halogens is 1. The summed E-state index contributed by atoms with van der Waals surface area (Å²) in [6.45, 7) is 0. The van der Waals surface area contributed by atoms with Crippen LogP contribution in [0.2, 0.25) is 0 Å². The summed E-state index contributed by atoms with van der Waals surface area (Å²) in [5.41, 5.74) is 5.82. The molecule has 1 aromatic heterocycles. The number of rotatable bonds is 5. The van der Waals surface area contributed by atoms with E-state index in [0.717, 1.165) is 17.3 Å². The van der Waals surface area contributed by atoms with E-state index in [4.69, 9.17) is 5.73 Å². The van der Waals surface area contributed by atoms with E-state index in [1.54, 1.807) is 12.1 Å². The quantitative estimate of drug-likeness (QED) is 0.642. The molecule has 0 spiro atoms. The molecule has 3 N–H and O–H groups in total. The first-order chi connectivity index (χ1) is 9.52. The minimum Gasteiger partial charge on any atom is -0.383 e. The molecule has 0 saturated heterocycles. The molecule has 20 heavy (non-hydrogen) atoms. The first-order valence-corrected chi connectivity index (χ1v) is 6.77. The summed E-state index contributed by atoms with van der Waals surface area (Å²) in [6.07, 6.45) is 0.208. The fourth-order valence-electron chi connectivity index (χ4n) is 1.55. The number of nitrogen functional groups attached to an aromatic ring is 1.